The van der Waals surface area contributed by atoms with Crippen molar-refractivity contribution in [2.45, 2.75) is 365 Å². The summed E-state index contributed by atoms with van der Waals surface area (Å²) in [7, 11) is 0. The molecule has 0 aromatic heterocycles. The van der Waals surface area contributed by atoms with Crippen molar-refractivity contribution in [3.8, 4) is 0 Å². The Morgan fingerprint density at radius 3 is 1.10 bits per heavy atom. The average molecular weight is 1010 g/mol. The number of carbonyl (C=O) groups excluding carboxylic acids is 1. The van der Waals surface area contributed by atoms with Gasteiger partial charge in [-0.15, -0.1) is 0 Å². The van der Waals surface area contributed by atoms with Gasteiger partial charge in [-0.05, 0) is 19.3 Å². The van der Waals surface area contributed by atoms with Gasteiger partial charge in [0.15, 0.2) is 6.29 Å². The van der Waals surface area contributed by atoms with Crippen LogP contribution in [0.25, 0.3) is 0 Å². The number of unbranched alkanes of at least 4 members (excludes halogenated alkanes) is 45. The first-order chi connectivity index (χ1) is 34.8. The van der Waals surface area contributed by atoms with Crippen molar-refractivity contribution in [3.05, 3.63) is 12.2 Å². The first kappa shape index (κ1) is 67.9. The van der Waals surface area contributed by atoms with Crippen LogP contribution in [0.15, 0.2) is 12.2 Å². The van der Waals surface area contributed by atoms with Crippen molar-refractivity contribution < 1.29 is 39.8 Å². The summed E-state index contributed by atoms with van der Waals surface area (Å²) in [6.07, 6.45) is 58.7. The highest BCUT2D eigenvalue weighted by molar-refractivity contribution is 5.76. The molecule has 0 spiro atoms. The van der Waals surface area contributed by atoms with Gasteiger partial charge in [0.05, 0.1) is 25.4 Å². The summed E-state index contributed by atoms with van der Waals surface area (Å²) in [5.74, 6) is -0.169. The zero-order valence-corrected chi connectivity index (χ0v) is 47.0. The Balaban J connectivity index is 2.12. The van der Waals surface area contributed by atoms with Crippen LogP contribution in [0.4, 0.5) is 0 Å². The molecule has 6 N–H and O–H groups in total. The fraction of sp³-hybridized carbons (Fsp3) is 0.952. The lowest BCUT2D eigenvalue weighted by Gasteiger charge is -2.40. The number of allylic oxidation sites excluding steroid dienone is 1. The van der Waals surface area contributed by atoms with E-state index < -0.39 is 49.5 Å². The van der Waals surface area contributed by atoms with E-state index in [1.54, 1.807) is 6.08 Å². The maximum Gasteiger partial charge on any atom is 0.220 e. The smallest absolute Gasteiger partial charge is 0.220 e. The van der Waals surface area contributed by atoms with E-state index in [1.165, 1.54) is 263 Å². The van der Waals surface area contributed by atoms with E-state index in [2.05, 4.69) is 19.2 Å². The number of carbonyl (C=O) groups is 1. The minimum absolute atomic E-state index is 0.169. The third-order valence-electron chi connectivity index (χ3n) is 15.4. The number of nitrogens with one attached hydrogen (secondary N) is 1. The predicted octanol–water partition coefficient (Wildman–Crippen LogP) is 16.0. The Kier molecular flexibility index (Phi) is 50.1. The summed E-state index contributed by atoms with van der Waals surface area (Å²) in [6, 6.07) is -0.800. The van der Waals surface area contributed by atoms with Gasteiger partial charge < -0.3 is 40.3 Å². The van der Waals surface area contributed by atoms with Crippen LogP contribution >= 0.6 is 0 Å². The molecule has 0 aliphatic carbocycles. The van der Waals surface area contributed by atoms with Gasteiger partial charge in [0, 0.05) is 6.42 Å². The zero-order valence-electron chi connectivity index (χ0n) is 47.0. The SMILES string of the molecule is CCCCCCCCCCCCCCCCC/C=C/[C@@H](O)[C@H](CO[C@@H]1O[C@H](CO)[C@H](O)C(O)C1O)NC(=O)CCCCCCCCCCCCCCCCCCCCCCCCCCCCCCCCC. The predicted molar refractivity (Wildman–Crippen MR) is 300 cm³/mol. The first-order valence-corrected chi connectivity index (χ1v) is 31.4. The fourth-order valence-electron chi connectivity index (χ4n) is 10.4. The van der Waals surface area contributed by atoms with Crippen LogP contribution in [0.3, 0.4) is 0 Å². The normalized spacial score (nSPS) is 19.2. The summed E-state index contributed by atoms with van der Waals surface area (Å²) in [6.45, 7) is 3.83. The maximum absolute atomic E-state index is 13.1. The molecule has 0 aromatic carbocycles. The lowest BCUT2D eigenvalue weighted by atomic mass is 9.99. The molecule has 1 saturated heterocycles. The van der Waals surface area contributed by atoms with Crippen molar-refractivity contribution in [2.24, 2.45) is 0 Å². The second-order valence-corrected chi connectivity index (χ2v) is 22.2. The highest BCUT2D eigenvalue weighted by Crippen LogP contribution is 2.23. The summed E-state index contributed by atoms with van der Waals surface area (Å²) < 4.78 is 11.3. The van der Waals surface area contributed by atoms with E-state index in [-0.39, 0.29) is 12.5 Å². The number of ether oxygens (including phenoxy) is 2. The Morgan fingerprint density at radius 1 is 0.465 bits per heavy atom. The lowest BCUT2D eigenvalue weighted by Crippen LogP contribution is -2.60. The van der Waals surface area contributed by atoms with Crippen molar-refractivity contribution >= 4 is 5.91 Å². The van der Waals surface area contributed by atoms with Gasteiger partial charge in [-0.1, -0.05) is 309 Å². The number of amides is 1. The Morgan fingerprint density at radius 2 is 0.775 bits per heavy atom. The molecule has 2 unspecified atom stereocenters. The third kappa shape index (κ3) is 41.8. The molecule has 9 heteroatoms. The second kappa shape index (κ2) is 52.4. The quantitative estimate of drug-likeness (QED) is 0.0261. The average Bonchev–Trinajstić information content (AvgIpc) is 3.37. The van der Waals surface area contributed by atoms with Crippen molar-refractivity contribution in [3.63, 3.8) is 0 Å². The number of aliphatic hydroxyl groups is 5. The molecule has 422 valence electrons. The number of rotatable bonds is 55. The molecule has 7 atom stereocenters. The van der Waals surface area contributed by atoms with Gasteiger partial charge in [-0.2, -0.15) is 0 Å². The summed E-state index contributed by atoms with van der Waals surface area (Å²) in [4.78, 5) is 13.1. The molecular formula is C62H121NO8. The van der Waals surface area contributed by atoms with Crippen molar-refractivity contribution in [1.82, 2.24) is 5.32 Å². The van der Waals surface area contributed by atoms with Crippen LogP contribution in [-0.2, 0) is 14.3 Å². The number of hydrogen-bond acceptors (Lipinski definition) is 8. The van der Waals surface area contributed by atoms with Crippen LogP contribution < -0.4 is 5.32 Å². The minimum atomic E-state index is -1.56. The summed E-state index contributed by atoms with van der Waals surface area (Å²) >= 11 is 0. The van der Waals surface area contributed by atoms with Crippen LogP contribution in [-0.4, -0.2) is 87.5 Å². The number of hydrogen-bond donors (Lipinski definition) is 6. The maximum atomic E-state index is 13.1. The topological polar surface area (TPSA) is 149 Å². The zero-order chi connectivity index (χ0) is 51.5. The van der Waals surface area contributed by atoms with Crippen LogP contribution in [0.5, 0.6) is 0 Å². The molecule has 1 heterocycles. The van der Waals surface area contributed by atoms with Gasteiger partial charge in [-0.25, -0.2) is 0 Å². The molecule has 0 aromatic rings. The highest BCUT2D eigenvalue weighted by Gasteiger charge is 2.44. The van der Waals surface area contributed by atoms with Gasteiger partial charge in [-0.3, -0.25) is 4.79 Å². The molecular weight excluding hydrogens is 887 g/mol. The van der Waals surface area contributed by atoms with Gasteiger partial charge in [0.25, 0.3) is 0 Å². The van der Waals surface area contributed by atoms with E-state index >= 15 is 0 Å². The minimum Gasteiger partial charge on any atom is -0.394 e. The molecule has 1 amide bonds. The van der Waals surface area contributed by atoms with Crippen LogP contribution in [0, 0.1) is 0 Å². The Hall–Kier alpha value is -1.07. The van der Waals surface area contributed by atoms with E-state index in [4.69, 9.17) is 9.47 Å². The molecule has 1 rings (SSSR count). The molecule has 9 nitrogen and oxygen atoms in total. The number of aliphatic hydroxyl groups excluding tert-OH is 5. The molecule has 0 bridgehead atoms. The fourth-order valence-corrected chi connectivity index (χ4v) is 10.4. The highest BCUT2D eigenvalue weighted by atomic mass is 16.7. The molecule has 1 aliphatic rings. The van der Waals surface area contributed by atoms with Crippen LogP contribution in [0.1, 0.15) is 322 Å². The molecule has 0 saturated carbocycles. The van der Waals surface area contributed by atoms with E-state index in [1.807, 2.05) is 6.08 Å². The standard InChI is InChI=1S/C62H121NO8/c1-3-5-7-9-11-13-15-17-19-21-22-23-24-25-26-27-28-29-30-31-32-33-34-36-38-40-42-44-46-48-50-52-58(66)63-55(54-70-62-61(69)60(68)59(67)57(53-64)71-62)56(65)51-49-47-45-43-41-39-37-35-20-18-16-14-12-10-8-6-4-2/h49,51,55-57,59-62,64-65,67-69H,3-48,50,52-54H2,1-2H3,(H,63,66)/b51-49+/t55-,56+,57+,59-,60?,61?,62+/m0/s1. The van der Waals surface area contributed by atoms with E-state index in [0.717, 1.165) is 38.5 Å². The van der Waals surface area contributed by atoms with Crippen molar-refractivity contribution in [2.75, 3.05) is 13.2 Å². The van der Waals surface area contributed by atoms with Gasteiger partial charge >= 0.3 is 0 Å². The monoisotopic (exact) mass is 1010 g/mol. The first-order valence-electron chi connectivity index (χ1n) is 31.4. The van der Waals surface area contributed by atoms with Crippen molar-refractivity contribution in [1.29, 1.82) is 0 Å². The van der Waals surface area contributed by atoms with Gasteiger partial charge in [0.2, 0.25) is 5.91 Å². The lowest BCUT2D eigenvalue weighted by molar-refractivity contribution is -0.302. The van der Waals surface area contributed by atoms with Crippen LogP contribution in [0.2, 0.25) is 0 Å². The molecule has 1 fully saturated rings. The van der Waals surface area contributed by atoms with Gasteiger partial charge in [0.1, 0.15) is 24.4 Å². The van der Waals surface area contributed by atoms with E-state index in [9.17, 15) is 30.3 Å². The summed E-state index contributed by atoms with van der Waals surface area (Å²) in [5, 5.41) is 54.6. The Labute approximate surface area is 439 Å². The summed E-state index contributed by atoms with van der Waals surface area (Å²) in [5.41, 5.74) is 0. The molecule has 1 aliphatic heterocycles. The third-order valence-corrected chi connectivity index (χ3v) is 15.4. The molecule has 71 heavy (non-hydrogen) atoms. The molecule has 0 radical (unpaired) electrons. The Bertz CT molecular complexity index is 1120. The van der Waals surface area contributed by atoms with E-state index in [0.29, 0.717) is 6.42 Å². The largest absolute Gasteiger partial charge is 0.394 e. The second-order valence-electron chi connectivity index (χ2n) is 22.2.